The van der Waals surface area contributed by atoms with Crippen molar-refractivity contribution in [2.45, 2.75) is 72.8 Å². The molecule has 0 heterocycles. The van der Waals surface area contributed by atoms with Crippen molar-refractivity contribution in [1.82, 2.24) is 0 Å². The second-order valence-corrected chi connectivity index (χ2v) is 11.9. The van der Waals surface area contributed by atoms with E-state index in [1.807, 2.05) is 72.8 Å². The second kappa shape index (κ2) is 21.1. The summed E-state index contributed by atoms with van der Waals surface area (Å²) >= 11 is 0. The quantitative estimate of drug-likeness (QED) is 0.0914. The third kappa shape index (κ3) is 13.4. The predicted molar refractivity (Wildman–Crippen MR) is 200 cm³/mol. The molecule has 1 atom stereocenters. The SMILES string of the molecule is C=C(Nc1ccccc1)c1ccc(COc2ccccc2/C=C/C(CCCCC(C)=O)Cc2ccc(C(=O)OCC)cc2)cc1.CCC. The average Bonchev–Trinajstić information content (AvgIpc) is 3.09. The van der Waals surface area contributed by atoms with Crippen LogP contribution in [0.5, 0.6) is 5.75 Å². The maximum Gasteiger partial charge on any atom is 0.338 e. The lowest BCUT2D eigenvalue weighted by molar-refractivity contribution is -0.117. The summed E-state index contributed by atoms with van der Waals surface area (Å²) in [5.41, 5.74) is 6.67. The van der Waals surface area contributed by atoms with Gasteiger partial charge in [-0.15, -0.1) is 0 Å². The van der Waals surface area contributed by atoms with Gasteiger partial charge in [0.05, 0.1) is 12.2 Å². The molecular weight excluding hydrogens is 594 g/mol. The van der Waals surface area contributed by atoms with Crippen LogP contribution >= 0.6 is 0 Å². The molecule has 0 aromatic heterocycles. The molecule has 0 radical (unpaired) electrons. The molecule has 0 saturated heterocycles. The van der Waals surface area contributed by atoms with Crippen LogP contribution in [0.15, 0.2) is 116 Å². The van der Waals surface area contributed by atoms with E-state index in [9.17, 15) is 9.59 Å². The normalized spacial score (nSPS) is 11.2. The average molecular weight is 646 g/mol. The number of carbonyl (C=O) groups excluding carboxylic acids is 2. The Morgan fingerprint density at radius 2 is 1.42 bits per heavy atom. The van der Waals surface area contributed by atoms with Gasteiger partial charge in [0, 0.05) is 23.4 Å². The summed E-state index contributed by atoms with van der Waals surface area (Å²) in [5, 5.41) is 3.35. The molecule has 0 bridgehead atoms. The number of ether oxygens (including phenoxy) is 2. The van der Waals surface area contributed by atoms with Crippen molar-refractivity contribution in [2.24, 2.45) is 5.92 Å². The van der Waals surface area contributed by atoms with Gasteiger partial charge in [-0.05, 0) is 86.1 Å². The van der Waals surface area contributed by atoms with Gasteiger partial charge in [-0.3, -0.25) is 0 Å². The number of unbranched alkanes of at least 4 members (excludes halogenated alkanes) is 1. The summed E-state index contributed by atoms with van der Waals surface area (Å²) in [4.78, 5) is 23.5. The van der Waals surface area contributed by atoms with Gasteiger partial charge in [0.25, 0.3) is 0 Å². The molecule has 0 fully saturated rings. The third-order valence-electron chi connectivity index (χ3n) is 7.55. The molecule has 0 spiro atoms. The highest BCUT2D eigenvalue weighted by atomic mass is 16.5. The zero-order valence-electron chi connectivity index (χ0n) is 29.0. The van der Waals surface area contributed by atoms with Crippen LogP contribution in [-0.2, 0) is 22.6 Å². The summed E-state index contributed by atoms with van der Waals surface area (Å²) in [6.45, 7) is 12.7. The van der Waals surface area contributed by atoms with Gasteiger partial charge in [0.1, 0.15) is 18.1 Å². The minimum Gasteiger partial charge on any atom is -0.488 e. The summed E-state index contributed by atoms with van der Waals surface area (Å²) < 4.78 is 11.4. The first-order chi connectivity index (χ1) is 23.3. The van der Waals surface area contributed by atoms with Crippen LogP contribution in [0.3, 0.4) is 0 Å². The molecule has 0 saturated carbocycles. The number of hydrogen-bond donors (Lipinski definition) is 1. The number of anilines is 1. The van der Waals surface area contributed by atoms with Crippen molar-refractivity contribution >= 4 is 29.2 Å². The zero-order chi connectivity index (χ0) is 34.6. The van der Waals surface area contributed by atoms with Crippen LogP contribution in [0.4, 0.5) is 5.69 Å². The largest absolute Gasteiger partial charge is 0.488 e. The fraction of sp³-hybridized carbons (Fsp3) is 0.302. The van der Waals surface area contributed by atoms with Gasteiger partial charge in [0.2, 0.25) is 0 Å². The van der Waals surface area contributed by atoms with Crippen LogP contribution in [0, 0.1) is 5.92 Å². The number of para-hydroxylation sites is 2. The van der Waals surface area contributed by atoms with Gasteiger partial charge < -0.3 is 19.6 Å². The second-order valence-electron chi connectivity index (χ2n) is 11.9. The minimum atomic E-state index is -0.303. The maximum atomic E-state index is 12.1. The Bertz CT molecular complexity index is 1570. The molecular formula is C43H51NO4. The van der Waals surface area contributed by atoms with Gasteiger partial charge in [-0.1, -0.05) is 118 Å². The third-order valence-corrected chi connectivity index (χ3v) is 7.55. The fourth-order valence-electron chi connectivity index (χ4n) is 5.06. The standard InChI is InChI=1S/C40H43NO4.C3H8/c1-4-44-40(43)37-26-19-33(20-27-37)28-32(13-9-8-12-30(2)42)18-25-36-14-10-11-17-39(36)45-29-34-21-23-35(24-22-34)31(3)41-38-15-6-5-7-16-38;1-3-2/h5-7,10-11,14-27,32,41H,3-4,8-9,12-13,28-29H2,1-2H3;3H2,1-2H3/b25-18+;. The van der Waals surface area contributed by atoms with E-state index in [0.29, 0.717) is 25.2 Å². The molecule has 4 rings (SSSR count). The highest BCUT2D eigenvalue weighted by Gasteiger charge is 2.11. The van der Waals surface area contributed by atoms with Crippen molar-refractivity contribution in [2.75, 3.05) is 11.9 Å². The molecule has 4 aromatic rings. The van der Waals surface area contributed by atoms with E-state index < -0.39 is 0 Å². The van der Waals surface area contributed by atoms with Crippen molar-refractivity contribution in [3.8, 4) is 5.75 Å². The molecule has 0 aliphatic carbocycles. The molecule has 5 heteroatoms. The summed E-state index contributed by atoms with van der Waals surface area (Å²) in [5.74, 6) is 1.01. The lowest BCUT2D eigenvalue weighted by atomic mass is 9.92. The monoisotopic (exact) mass is 645 g/mol. The number of Topliss-reactive ketones (excluding diaryl/α,β-unsaturated/α-hetero) is 1. The number of allylic oxidation sites excluding steroid dienone is 1. The first-order valence-corrected chi connectivity index (χ1v) is 17.1. The number of rotatable bonds is 17. The van der Waals surface area contributed by atoms with Crippen molar-refractivity contribution in [3.05, 3.63) is 144 Å². The minimum absolute atomic E-state index is 0.228. The highest BCUT2D eigenvalue weighted by molar-refractivity contribution is 5.89. The number of carbonyl (C=O) groups is 2. The smallest absolute Gasteiger partial charge is 0.338 e. The van der Waals surface area contributed by atoms with E-state index >= 15 is 0 Å². The van der Waals surface area contributed by atoms with Crippen LogP contribution in [0.2, 0.25) is 0 Å². The predicted octanol–water partition coefficient (Wildman–Crippen LogP) is 11.0. The van der Waals surface area contributed by atoms with Crippen molar-refractivity contribution < 1.29 is 19.1 Å². The summed E-state index contributed by atoms with van der Waals surface area (Å²) in [6, 6.07) is 34.0. The van der Waals surface area contributed by atoms with Crippen LogP contribution in [0.25, 0.3) is 11.8 Å². The number of ketones is 1. The van der Waals surface area contributed by atoms with Crippen molar-refractivity contribution in [1.29, 1.82) is 0 Å². The van der Waals surface area contributed by atoms with E-state index in [2.05, 4.69) is 68.2 Å². The maximum absolute atomic E-state index is 12.1. The molecule has 48 heavy (non-hydrogen) atoms. The van der Waals surface area contributed by atoms with Gasteiger partial charge in [-0.25, -0.2) is 4.79 Å². The molecule has 252 valence electrons. The number of nitrogens with one attached hydrogen (secondary N) is 1. The number of esters is 1. The Morgan fingerprint density at radius 3 is 2.08 bits per heavy atom. The molecule has 1 unspecified atom stereocenters. The van der Waals surface area contributed by atoms with E-state index in [1.165, 1.54) is 6.42 Å². The Kier molecular flexibility index (Phi) is 16.5. The van der Waals surface area contributed by atoms with Crippen LogP contribution < -0.4 is 10.1 Å². The lowest BCUT2D eigenvalue weighted by Gasteiger charge is -2.15. The van der Waals surface area contributed by atoms with Gasteiger partial charge >= 0.3 is 5.97 Å². The summed E-state index contributed by atoms with van der Waals surface area (Å²) in [7, 11) is 0. The van der Waals surface area contributed by atoms with E-state index in [1.54, 1.807) is 13.8 Å². The molecule has 1 N–H and O–H groups in total. The highest BCUT2D eigenvalue weighted by Crippen LogP contribution is 2.25. The molecule has 4 aromatic carbocycles. The Morgan fingerprint density at radius 1 is 0.792 bits per heavy atom. The van der Waals surface area contributed by atoms with Gasteiger partial charge in [0.15, 0.2) is 0 Å². The van der Waals surface area contributed by atoms with Crippen LogP contribution in [0.1, 0.15) is 92.4 Å². The molecule has 0 aliphatic heterocycles. The Hall–Kier alpha value is -4.90. The van der Waals surface area contributed by atoms with E-state index in [4.69, 9.17) is 9.47 Å². The molecule has 5 nitrogen and oxygen atoms in total. The zero-order valence-corrected chi connectivity index (χ0v) is 29.0. The first kappa shape index (κ1) is 37.6. The van der Waals surface area contributed by atoms with Crippen molar-refractivity contribution in [3.63, 3.8) is 0 Å². The Labute approximate surface area is 287 Å². The fourth-order valence-corrected chi connectivity index (χ4v) is 5.06. The molecule has 0 amide bonds. The topological polar surface area (TPSA) is 64.6 Å². The van der Waals surface area contributed by atoms with Gasteiger partial charge in [-0.2, -0.15) is 0 Å². The first-order valence-electron chi connectivity index (χ1n) is 17.1. The number of benzene rings is 4. The van der Waals surface area contributed by atoms with Crippen LogP contribution in [-0.4, -0.2) is 18.4 Å². The van der Waals surface area contributed by atoms with E-state index in [-0.39, 0.29) is 17.7 Å². The number of hydrogen-bond acceptors (Lipinski definition) is 5. The van der Waals surface area contributed by atoms with E-state index in [0.717, 1.165) is 65.1 Å². The molecule has 0 aliphatic rings. The lowest BCUT2D eigenvalue weighted by Crippen LogP contribution is -2.06. The summed E-state index contributed by atoms with van der Waals surface area (Å²) in [6.07, 6.45) is 9.89. The Balaban J connectivity index is 0.00000201.